The Bertz CT molecular complexity index is 778. The van der Waals surface area contributed by atoms with Gasteiger partial charge in [-0.2, -0.15) is 0 Å². The molecule has 2 aromatic rings. The smallest absolute Gasteiger partial charge is 0.240 e. The van der Waals surface area contributed by atoms with Gasteiger partial charge in [0, 0.05) is 19.2 Å². The van der Waals surface area contributed by atoms with Crippen LogP contribution in [-0.4, -0.2) is 32.6 Å². The number of ether oxygens (including phenoxy) is 2. The zero-order valence-corrected chi connectivity index (χ0v) is 15.7. The topological polar surface area (TPSA) is 67.9 Å². The maximum absolute atomic E-state index is 12.2. The molecule has 0 aliphatic rings. The van der Waals surface area contributed by atoms with E-state index in [0.29, 0.717) is 23.0 Å². The van der Waals surface area contributed by atoms with Crippen LogP contribution in [0.1, 0.15) is 12.5 Å². The van der Waals surface area contributed by atoms with E-state index >= 15 is 0 Å². The van der Waals surface area contributed by atoms with E-state index in [0.717, 1.165) is 11.3 Å². The third-order valence-electron chi connectivity index (χ3n) is 3.78. The van der Waals surface area contributed by atoms with Crippen LogP contribution in [-0.2, 0) is 16.1 Å². The van der Waals surface area contributed by atoms with Crippen molar-refractivity contribution in [2.45, 2.75) is 13.5 Å². The second kappa shape index (κ2) is 9.10. The predicted octanol–water partition coefficient (Wildman–Crippen LogP) is 3.03. The summed E-state index contributed by atoms with van der Waals surface area (Å²) < 4.78 is 10.2. The molecule has 6 nitrogen and oxygen atoms in total. The Morgan fingerprint density at radius 2 is 1.77 bits per heavy atom. The van der Waals surface area contributed by atoms with Crippen LogP contribution in [0.25, 0.3) is 0 Å². The number of rotatable bonds is 7. The molecular weight excluding hydrogens is 356 g/mol. The van der Waals surface area contributed by atoms with E-state index in [1.807, 2.05) is 24.3 Å². The van der Waals surface area contributed by atoms with E-state index in [9.17, 15) is 9.59 Å². The number of benzene rings is 2. The van der Waals surface area contributed by atoms with Gasteiger partial charge in [-0.3, -0.25) is 9.59 Å². The number of carbonyl (C=O) groups is 2. The van der Waals surface area contributed by atoms with Gasteiger partial charge in [0.15, 0.2) is 0 Å². The maximum atomic E-state index is 12.2. The molecule has 0 aliphatic carbocycles. The van der Waals surface area contributed by atoms with Gasteiger partial charge in [-0.05, 0) is 35.9 Å². The molecule has 138 valence electrons. The van der Waals surface area contributed by atoms with Crippen molar-refractivity contribution in [2.24, 2.45) is 0 Å². The maximum Gasteiger partial charge on any atom is 0.240 e. The largest absolute Gasteiger partial charge is 0.497 e. The van der Waals surface area contributed by atoms with Gasteiger partial charge in [0.25, 0.3) is 0 Å². The van der Waals surface area contributed by atoms with Crippen LogP contribution in [0, 0.1) is 0 Å². The van der Waals surface area contributed by atoms with Gasteiger partial charge >= 0.3 is 0 Å². The van der Waals surface area contributed by atoms with Crippen LogP contribution in [0.5, 0.6) is 11.5 Å². The molecule has 0 heterocycles. The number of hydrogen-bond donors (Lipinski definition) is 1. The number of halogens is 1. The second-order valence-electron chi connectivity index (χ2n) is 5.55. The fourth-order valence-electron chi connectivity index (χ4n) is 2.35. The summed E-state index contributed by atoms with van der Waals surface area (Å²) in [5, 5.41) is 3.17. The number of carbonyl (C=O) groups excluding carboxylic acids is 2. The SMILES string of the molecule is COc1ccc(CNC(=O)CN(C(C)=O)c2ccc(OC)c(Cl)c2)cc1. The van der Waals surface area contributed by atoms with Crippen LogP contribution in [0.15, 0.2) is 42.5 Å². The van der Waals surface area contributed by atoms with E-state index in [4.69, 9.17) is 21.1 Å². The van der Waals surface area contributed by atoms with Crippen molar-refractivity contribution in [1.29, 1.82) is 0 Å². The summed E-state index contributed by atoms with van der Waals surface area (Å²) in [6.45, 7) is 1.65. The highest BCUT2D eigenvalue weighted by atomic mass is 35.5. The van der Waals surface area contributed by atoms with Gasteiger partial charge in [0.1, 0.15) is 18.0 Å². The Kier molecular flexibility index (Phi) is 6.86. The monoisotopic (exact) mass is 376 g/mol. The molecule has 0 radical (unpaired) electrons. The molecule has 0 unspecified atom stereocenters. The Morgan fingerprint density at radius 3 is 2.31 bits per heavy atom. The molecule has 0 atom stereocenters. The van der Waals surface area contributed by atoms with Gasteiger partial charge < -0.3 is 19.7 Å². The average Bonchev–Trinajstić information content (AvgIpc) is 2.64. The second-order valence-corrected chi connectivity index (χ2v) is 5.96. The standard InChI is InChI=1S/C19H21ClN2O4/c1-13(23)22(15-6-9-18(26-3)17(20)10-15)12-19(24)21-11-14-4-7-16(25-2)8-5-14/h4-10H,11-12H2,1-3H3,(H,21,24). The van der Waals surface area contributed by atoms with Gasteiger partial charge in [0.2, 0.25) is 11.8 Å². The summed E-state index contributed by atoms with van der Waals surface area (Å²) in [5.41, 5.74) is 1.46. The molecule has 0 saturated carbocycles. The fraction of sp³-hybridized carbons (Fsp3) is 0.263. The molecule has 0 aromatic heterocycles. The lowest BCUT2D eigenvalue weighted by Gasteiger charge is -2.21. The molecule has 0 saturated heterocycles. The summed E-state index contributed by atoms with van der Waals surface area (Å²) in [6, 6.07) is 12.3. The van der Waals surface area contributed by atoms with Crippen molar-refractivity contribution in [1.82, 2.24) is 5.32 Å². The lowest BCUT2D eigenvalue weighted by Crippen LogP contribution is -2.39. The minimum absolute atomic E-state index is 0.103. The number of anilines is 1. The van der Waals surface area contributed by atoms with Gasteiger partial charge in [-0.15, -0.1) is 0 Å². The summed E-state index contributed by atoms with van der Waals surface area (Å²) in [4.78, 5) is 25.6. The normalized spacial score (nSPS) is 10.2. The number of hydrogen-bond acceptors (Lipinski definition) is 4. The lowest BCUT2D eigenvalue weighted by atomic mass is 10.2. The van der Waals surface area contributed by atoms with Crippen LogP contribution >= 0.6 is 11.6 Å². The summed E-state index contributed by atoms with van der Waals surface area (Å²) >= 11 is 6.11. The number of nitrogens with one attached hydrogen (secondary N) is 1. The van der Waals surface area contributed by atoms with Crippen molar-refractivity contribution in [3.63, 3.8) is 0 Å². The Morgan fingerprint density at radius 1 is 1.08 bits per heavy atom. The number of amides is 2. The van der Waals surface area contributed by atoms with Crippen LogP contribution in [0.4, 0.5) is 5.69 Å². The molecule has 0 bridgehead atoms. The highest BCUT2D eigenvalue weighted by Crippen LogP contribution is 2.29. The Balaban J connectivity index is 2.01. The zero-order chi connectivity index (χ0) is 19.1. The quantitative estimate of drug-likeness (QED) is 0.806. The molecule has 1 N–H and O–H groups in total. The van der Waals surface area contributed by atoms with E-state index in [2.05, 4.69) is 5.32 Å². The van der Waals surface area contributed by atoms with Crippen molar-refractivity contribution < 1.29 is 19.1 Å². The third kappa shape index (κ3) is 5.13. The van der Waals surface area contributed by atoms with Crippen LogP contribution < -0.4 is 19.7 Å². The highest BCUT2D eigenvalue weighted by Gasteiger charge is 2.17. The highest BCUT2D eigenvalue weighted by molar-refractivity contribution is 6.32. The summed E-state index contributed by atoms with van der Waals surface area (Å²) in [5.74, 6) is 0.718. The molecule has 0 aliphatic heterocycles. The van der Waals surface area contributed by atoms with Crippen molar-refractivity contribution in [3.05, 3.63) is 53.1 Å². The van der Waals surface area contributed by atoms with E-state index in [1.54, 1.807) is 25.3 Å². The molecule has 0 spiro atoms. The molecular formula is C19H21ClN2O4. The average molecular weight is 377 g/mol. The third-order valence-corrected chi connectivity index (χ3v) is 4.07. The molecule has 26 heavy (non-hydrogen) atoms. The minimum atomic E-state index is -0.275. The van der Waals surface area contributed by atoms with Gasteiger partial charge in [0.05, 0.1) is 19.2 Å². The molecule has 2 amide bonds. The van der Waals surface area contributed by atoms with Crippen molar-refractivity contribution >= 4 is 29.1 Å². The summed E-state index contributed by atoms with van der Waals surface area (Å²) in [7, 11) is 3.11. The fourth-order valence-corrected chi connectivity index (χ4v) is 2.60. The zero-order valence-electron chi connectivity index (χ0n) is 14.9. The molecule has 2 aromatic carbocycles. The Labute approximate surface area is 157 Å². The van der Waals surface area contributed by atoms with E-state index < -0.39 is 0 Å². The van der Waals surface area contributed by atoms with Crippen LogP contribution in [0.3, 0.4) is 0 Å². The number of methoxy groups -OCH3 is 2. The van der Waals surface area contributed by atoms with E-state index in [-0.39, 0.29) is 18.4 Å². The Hall–Kier alpha value is -2.73. The minimum Gasteiger partial charge on any atom is -0.497 e. The molecule has 0 fully saturated rings. The lowest BCUT2D eigenvalue weighted by molar-refractivity contribution is -0.123. The van der Waals surface area contributed by atoms with Gasteiger partial charge in [-0.1, -0.05) is 23.7 Å². The number of nitrogens with zero attached hydrogens (tertiary/aromatic N) is 1. The first-order valence-corrected chi connectivity index (χ1v) is 8.33. The van der Waals surface area contributed by atoms with Crippen molar-refractivity contribution in [2.75, 3.05) is 25.7 Å². The predicted molar refractivity (Wildman–Crippen MR) is 101 cm³/mol. The first kappa shape index (κ1) is 19.6. The molecule has 7 heteroatoms. The molecule has 2 rings (SSSR count). The summed E-state index contributed by atoms with van der Waals surface area (Å²) in [6.07, 6.45) is 0. The van der Waals surface area contributed by atoms with Gasteiger partial charge in [-0.25, -0.2) is 0 Å². The first-order valence-electron chi connectivity index (χ1n) is 7.96. The van der Waals surface area contributed by atoms with E-state index in [1.165, 1.54) is 18.9 Å². The first-order chi connectivity index (χ1) is 12.4. The van der Waals surface area contributed by atoms with Crippen LogP contribution in [0.2, 0.25) is 5.02 Å². The van der Waals surface area contributed by atoms with Crippen molar-refractivity contribution in [3.8, 4) is 11.5 Å².